The van der Waals surface area contributed by atoms with Crippen LogP contribution in [0.1, 0.15) is 40.5 Å². The van der Waals surface area contributed by atoms with Crippen molar-refractivity contribution >= 4 is 43.6 Å². The molecule has 3 nitrogen and oxygen atoms in total. The van der Waals surface area contributed by atoms with Crippen molar-refractivity contribution in [2.24, 2.45) is 0 Å². The fourth-order valence-electron chi connectivity index (χ4n) is 5.75. The van der Waals surface area contributed by atoms with Crippen molar-refractivity contribution in [1.82, 2.24) is 0 Å². The van der Waals surface area contributed by atoms with E-state index >= 15 is 0 Å². The van der Waals surface area contributed by atoms with Crippen LogP contribution in [0.4, 0.5) is 0 Å². The van der Waals surface area contributed by atoms with Gasteiger partial charge in [-0.2, -0.15) is 0 Å². The molecule has 2 aromatic carbocycles. The summed E-state index contributed by atoms with van der Waals surface area (Å²) < 4.78 is 21.9. The van der Waals surface area contributed by atoms with Crippen LogP contribution in [0.3, 0.4) is 0 Å². The second kappa shape index (κ2) is 11.8. The molecular weight excluding hydrogens is 521 g/mol. The zero-order chi connectivity index (χ0) is 28.2. The van der Waals surface area contributed by atoms with Crippen molar-refractivity contribution in [2.75, 3.05) is 0 Å². The van der Waals surface area contributed by atoms with Gasteiger partial charge in [0.05, 0.1) is 10.4 Å². The molecule has 2 rings (SSSR count). The smallest absolute Gasteiger partial charge is 0.321 e. The maximum Gasteiger partial charge on any atom is 0.321 e. The minimum atomic E-state index is -3.07. The highest BCUT2D eigenvalue weighted by Gasteiger charge is 2.61. The third-order valence-electron chi connectivity index (χ3n) is 7.89. The van der Waals surface area contributed by atoms with Crippen molar-refractivity contribution in [1.29, 1.82) is 0 Å². The van der Waals surface area contributed by atoms with Crippen LogP contribution in [-0.2, 0) is 13.0 Å². The Balaban J connectivity index is 2.92. The summed E-state index contributed by atoms with van der Waals surface area (Å²) in [6, 6.07) is 21.6. The largest absolute Gasteiger partial charge is 0.433 e. The molecule has 0 unspecified atom stereocenters. The summed E-state index contributed by atoms with van der Waals surface area (Å²) in [6.45, 7) is 30.8. The Labute approximate surface area is 231 Å². The molecule has 204 valence electrons. The maximum atomic E-state index is 7.88. The number of rotatable bonds is 14. The zero-order valence-electron chi connectivity index (χ0n) is 25.0. The third-order valence-corrected chi connectivity index (χ3v) is 23.3. The van der Waals surface area contributed by atoms with Crippen molar-refractivity contribution in [3.63, 3.8) is 0 Å². The molecule has 0 fully saturated rings. The molecule has 0 heterocycles. The van der Waals surface area contributed by atoms with Gasteiger partial charge in [-0.1, -0.05) is 99.0 Å². The van der Waals surface area contributed by atoms with Crippen molar-refractivity contribution in [3.05, 3.63) is 85.2 Å². The highest BCUT2D eigenvalue weighted by atomic mass is 28.4. The summed E-state index contributed by atoms with van der Waals surface area (Å²) in [6.07, 6.45) is 1.85. The Bertz CT molecular complexity index is 990. The maximum absolute atomic E-state index is 7.88. The van der Waals surface area contributed by atoms with E-state index in [1.807, 2.05) is 5.70 Å². The molecule has 0 bridgehead atoms. The lowest BCUT2D eigenvalue weighted by molar-refractivity contribution is 0.0721. The second-order valence-electron chi connectivity index (χ2n) is 12.1. The Morgan fingerprint density at radius 3 is 1.49 bits per heavy atom. The van der Waals surface area contributed by atoms with Crippen LogP contribution < -0.4 is 10.4 Å². The average molecular weight is 571 g/mol. The van der Waals surface area contributed by atoms with E-state index < -0.39 is 38.5 Å². The normalized spacial score (nSPS) is 13.9. The van der Waals surface area contributed by atoms with Gasteiger partial charge in [-0.15, -0.1) is 13.2 Å². The quantitative estimate of drug-likeness (QED) is 0.223. The SMILES string of the molecule is C=C[Si](C)(C)O[Si](C)(C)OC(C)(C)[Si](OC(CC)(CC)[Si](C)(C)C=C)(c1ccccc1)c1ccccc1. The monoisotopic (exact) mass is 570 g/mol. The second-order valence-corrected chi connectivity index (χ2v) is 28.2. The van der Waals surface area contributed by atoms with Crippen LogP contribution in [-0.4, -0.2) is 43.7 Å². The van der Waals surface area contributed by atoms with E-state index in [2.05, 4.69) is 146 Å². The molecule has 0 spiro atoms. The lowest BCUT2D eigenvalue weighted by atomic mass is 10.2. The first-order valence-electron chi connectivity index (χ1n) is 13.6. The number of hydrogen-bond donors (Lipinski definition) is 0. The van der Waals surface area contributed by atoms with Crippen molar-refractivity contribution < 1.29 is 13.0 Å². The Morgan fingerprint density at radius 1 is 0.703 bits per heavy atom. The predicted molar refractivity (Wildman–Crippen MR) is 171 cm³/mol. The van der Waals surface area contributed by atoms with Crippen LogP contribution in [0, 0.1) is 0 Å². The zero-order valence-corrected chi connectivity index (χ0v) is 29.0. The van der Waals surface area contributed by atoms with E-state index in [0.29, 0.717) is 0 Å². The first-order valence-corrected chi connectivity index (χ1v) is 24.3. The first-order chi connectivity index (χ1) is 17.1. The van der Waals surface area contributed by atoms with Gasteiger partial charge < -0.3 is 13.0 Å². The summed E-state index contributed by atoms with van der Waals surface area (Å²) >= 11 is 0. The number of hydrogen-bond acceptors (Lipinski definition) is 3. The molecule has 0 aliphatic carbocycles. The standard InChI is InChI=1S/C30H50O3Si4/c1-13-30(14-2,34(7,8)15-3)32-37(27-23-19-17-20-24-27,28-25-21-18-22-26-28)29(5,6)31-36(11,12)33-35(9,10)16-4/h15-26H,3-4,13-14H2,1-2,5-12H3. The molecule has 0 atom stereocenters. The van der Waals surface area contributed by atoms with E-state index in [4.69, 9.17) is 13.0 Å². The minimum Gasteiger partial charge on any atom is -0.433 e. The summed E-state index contributed by atoms with van der Waals surface area (Å²) in [7, 11) is -9.73. The van der Waals surface area contributed by atoms with Gasteiger partial charge in [0.1, 0.15) is 8.07 Å². The molecule has 0 saturated heterocycles. The topological polar surface area (TPSA) is 27.7 Å². The Hall–Kier alpha value is -1.33. The van der Waals surface area contributed by atoms with Gasteiger partial charge in [0, 0.05) is 0 Å². The molecule has 2 aromatic rings. The van der Waals surface area contributed by atoms with Gasteiger partial charge in [0.15, 0.2) is 8.32 Å². The fraction of sp³-hybridized carbons (Fsp3) is 0.467. The number of benzene rings is 2. The third kappa shape index (κ3) is 6.64. The minimum absolute atomic E-state index is 0.297. The first kappa shape index (κ1) is 31.9. The Kier molecular flexibility index (Phi) is 10.2. The van der Waals surface area contributed by atoms with E-state index in [9.17, 15) is 0 Å². The molecule has 0 radical (unpaired) electrons. The summed E-state index contributed by atoms with van der Waals surface area (Å²) in [5.74, 6) is 0. The molecule has 0 N–H and O–H groups in total. The van der Waals surface area contributed by atoms with Gasteiger partial charge in [-0.05, 0) is 63.3 Å². The molecular formula is C30H50O3Si4. The van der Waals surface area contributed by atoms with Crippen LogP contribution in [0.15, 0.2) is 85.2 Å². The molecule has 0 aromatic heterocycles. The average Bonchev–Trinajstić information content (AvgIpc) is 2.84. The highest BCUT2D eigenvalue weighted by Crippen LogP contribution is 2.40. The van der Waals surface area contributed by atoms with E-state index in [0.717, 1.165) is 12.8 Å². The highest BCUT2D eigenvalue weighted by molar-refractivity contribution is 7.01. The van der Waals surface area contributed by atoms with Gasteiger partial charge in [0.2, 0.25) is 0 Å². The van der Waals surface area contributed by atoms with Crippen LogP contribution in [0.5, 0.6) is 0 Å². The van der Waals surface area contributed by atoms with Crippen LogP contribution in [0.2, 0.25) is 39.3 Å². The molecule has 0 aliphatic heterocycles. The Morgan fingerprint density at radius 2 is 1.14 bits per heavy atom. The van der Waals surface area contributed by atoms with Crippen LogP contribution in [0.25, 0.3) is 0 Å². The van der Waals surface area contributed by atoms with Crippen LogP contribution >= 0.6 is 0 Å². The van der Waals surface area contributed by atoms with Crippen molar-refractivity contribution in [3.8, 4) is 0 Å². The molecule has 0 amide bonds. The molecule has 0 aliphatic rings. The lowest BCUT2D eigenvalue weighted by Crippen LogP contribution is -2.79. The van der Waals surface area contributed by atoms with E-state index in [1.165, 1.54) is 10.4 Å². The van der Waals surface area contributed by atoms with E-state index in [-0.39, 0.29) is 5.22 Å². The van der Waals surface area contributed by atoms with Gasteiger partial charge >= 0.3 is 8.56 Å². The van der Waals surface area contributed by atoms with Gasteiger partial charge in [-0.3, -0.25) is 0 Å². The fourth-order valence-corrected chi connectivity index (χ4v) is 22.0. The summed E-state index contributed by atoms with van der Waals surface area (Å²) in [4.78, 5) is 0. The predicted octanol–water partition coefficient (Wildman–Crippen LogP) is 7.28. The molecule has 37 heavy (non-hydrogen) atoms. The molecule has 0 saturated carbocycles. The summed E-state index contributed by atoms with van der Waals surface area (Å²) in [5.41, 5.74) is 4.19. The van der Waals surface area contributed by atoms with Crippen molar-refractivity contribution in [2.45, 2.75) is 90.3 Å². The van der Waals surface area contributed by atoms with Gasteiger partial charge in [0.25, 0.3) is 8.32 Å². The molecule has 7 heteroatoms. The van der Waals surface area contributed by atoms with Gasteiger partial charge in [-0.25, -0.2) is 0 Å². The lowest BCUT2D eigenvalue weighted by Gasteiger charge is -2.55. The van der Waals surface area contributed by atoms with E-state index in [1.54, 1.807) is 0 Å². The summed E-state index contributed by atoms with van der Waals surface area (Å²) in [5, 5.41) is 1.51.